The molecule has 0 aliphatic heterocycles. The quantitative estimate of drug-likeness (QED) is 0.753. The molecule has 0 saturated heterocycles. The van der Waals surface area contributed by atoms with E-state index in [2.05, 4.69) is 15.9 Å². The molecule has 2 rings (SSSR count). The van der Waals surface area contributed by atoms with E-state index in [9.17, 15) is 9.90 Å². The summed E-state index contributed by atoms with van der Waals surface area (Å²) in [6, 6.07) is 1.76. The van der Waals surface area contributed by atoms with Gasteiger partial charge in [0, 0.05) is 4.88 Å². The van der Waals surface area contributed by atoms with Crippen molar-refractivity contribution in [2.45, 2.75) is 51.0 Å². The molecule has 1 aromatic heterocycles. The molecule has 2 N–H and O–H groups in total. The molecule has 1 saturated carbocycles. The number of carboxylic acid groups (broad SMARTS) is 1. The molecule has 1 heterocycles. The first-order valence-electron chi connectivity index (χ1n) is 6.76. The molecule has 1 aliphatic carbocycles. The number of halogens is 2. The van der Waals surface area contributed by atoms with Gasteiger partial charge in [-0.1, -0.05) is 30.9 Å². The minimum Gasteiger partial charge on any atom is -0.481 e. The third kappa shape index (κ3) is 3.97. The lowest BCUT2D eigenvalue weighted by atomic mass is 9.68. The molecule has 0 spiro atoms. The third-order valence-electron chi connectivity index (χ3n) is 4.06. The van der Waals surface area contributed by atoms with Gasteiger partial charge in [0.15, 0.2) is 0 Å². The van der Waals surface area contributed by atoms with Crippen molar-refractivity contribution in [3.63, 3.8) is 0 Å². The Kier molecular flexibility index (Phi) is 5.51. The highest BCUT2D eigenvalue weighted by atomic mass is 79.9. The summed E-state index contributed by atoms with van der Waals surface area (Å²) >= 11 is 10.8. The lowest BCUT2D eigenvalue weighted by molar-refractivity contribution is -0.141. The van der Waals surface area contributed by atoms with Crippen LogP contribution in [0.5, 0.6) is 0 Å². The second kappa shape index (κ2) is 6.77. The first kappa shape index (κ1) is 16.3. The van der Waals surface area contributed by atoms with Crippen LogP contribution in [-0.2, 0) is 4.79 Å². The zero-order valence-electron chi connectivity index (χ0n) is 11.1. The number of aliphatic carboxylic acids is 1. The molecule has 3 nitrogen and oxygen atoms in total. The number of carbonyl (C=O) groups is 1. The number of hydrogen-bond donors (Lipinski definition) is 2. The van der Waals surface area contributed by atoms with E-state index in [0.29, 0.717) is 11.4 Å². The summed E-state index contributed by atoms with van der Waals surface area (Å²) in [5.74, 6) is -0.774. The third-order valence-corrected chi connectivity index (χ3v) is 6.64. The summed E-state index contributed by atoms with van der Waals surface area (Å²) in [7, 11) is 0. The monoisotopic (exact) mass is 380 g/mol. The lowest BCUT2D eigenvalue weighted by Crippen LogP contribution is -2.29. The molecular weight excluding hydrogens is 364 g/mol. The highest BCUT2D eigenvalue weighted by Gasteiger charge is 2.37. The van der Waals surface area contributed by atoms with Crippen molar-refractivity contribution in [2.24, 2.45) is 5.41 Å². The van der Waals surface area contributed by atoms with Gasteiger partial charge in [0.25, 0.3) is 0 Å². The highest BCUT2D eigenvalue weighted by molar-refractivity contribution is 9.11. The first-order chi connectivity index (χ1) is 9.42. The van der Waals surface area contributed by atoms with E-state index in [1.54, 1.807) is 6.07 Å². The van der Waals surface area contributed by atoms with Crippen molar-refractivity contribution in [1.82, 2.24) is 0 Å². The summed E-state index contributed by atoms with van der Waals surface area (Å²) in [6.07, 6.45) is 5.04. The molecule has 6 heteroatoms. The molecular formula is C14H18BrClO3S. The van der Waals surface area contributed by atoms with Crippen molar-refractivity contribution in [2.75, 3.05) is 0 Å². The van der Waals surface area contributed by atoms with Crippen LogP contribution in [0.2, 0.25) is 5.02 Å². The van der Waals surface area contributed by atoms with Crippen LogP contribution in [0.15, 0.2) is 9.85 Å². The topological polar surface area (TPSA) is 57.5 Å². The van der Waals surface area contributed by atoms with E-state index in [1.807, 2.05) is 0 Å². The zero-order valence-corrected chi connectivity index (χ0v) is 14.2. The van der Waals surface area contributed by atoms with Crippen LogP contribution in [0.1, 0.15) is 55.9 Å². The Hall–Kier alpha value is -0.100. The van der Waals surface area contributed by atoms with Gasteiger partial charge >= 0.3 is 5.97 Å². The number of aliphatic hydroxyl groups excluding tert-OH is 1. The Morgan fingerprint density at radius 1 is 1.45 bits per heavy atom. The van der Waals surface area contributed by atoms with Crippen LogP contribution in [0.3, 0.4) is 0 Å². The van der Waals surface area contributed by atoms with Gasteiger partial charge in [-0.05, 0) is 46.7 Å². The average Bonchev–Trinajstić information content (AvgIpc) is 2.69. The minimum atomic E-state index is -0.774. The predicted octanol–water partition coefficient (Wildman–Crippen LogP) is 5.01. The molecule has 1 aliphatic rings. The van der Waals surface area contributed by atoms with E-state index >= 15 is 0 Å². The van der Waals surface area contributed by atoms with Gasteiger partial charge in [-0.25, -0.2) is 0 Å². The predicted molar refractivity (Wildman–Crippen MR) is 84.4 cm³/mol. The van der Waals surface area contributed by atoms with Crippen LogP contribution < -0.4 is 0 Å². The van der Waals surface area contributed by atoms with Gasteiger partial charge in [-0.2, -0.15) is 0 Å². The molecule has 0 aromatic carbocycles. The van der Waals surface area contributed by atoms with Crippen LogP contribution in [0.4, 0.5) is 0 Å². The Morgan fingerprint density at radius 3 is 2.60 bits per heavy atom. The average molecular weight is 382 g/mol. The van der Waals surface area contributed by atoms with Gasteiger partial charge < -0.3 is 10.2 Å². The smallest absolute Gasteiger partial charge is 0.303 e. The summed E-state index contributed by atoms with van der Waals surface area (Å²) in [4.78, 5) is 11.9. The van der Waals surface area contributed by atoms with Crippen molar-refractivity contribution >= 4 is 44.8 Å². The number of rotatable bonds is 5. The fraction of sp³-hybridized carbons (Fsp3) is 0.643. The van der Waals surface area contributed by atoms with E-state index in [1.165, 1.54) is 11.3 Å². The van der Waals surface area contributed by atoms with Gasteiger partial charge in [0.2, 0.25) is 0 Å². The molecule has 20 heavy (non-hydrogen) atoms. The summed E-state index contributed by atoms with van der Waals surface area (Å²) in [6.45, 7) is 0. The molecule has 1 fully saturated rings. The molecule has 1 atom stereocenters. The summed E-state index contributed by atoms with van der Waals surface area (Å²) in [5.41, 5.74) is -0.271. The van der Waals surface area contributed by atoms with Gasteiger partial charge in [-0.3, -0.25) is 4.79 Å². The Labute approximate surface area is 136 Å². The van der Waals surface area contributed by atoms with E-state index in [-0.39, 0.29) is 11.8 Å². The lowest BCUT2D eigenvalue weighted by Gasteiger charge is -2.37. The molecule has 1 aromatic rings. The normalized spacial score (nSPS) is 19.8. The largest absolute Gasteiger partial charge is 0.481 e. The molecule has 112 valence electrons. The molecule has 1 unspecified atom stereocenters. The summed E-state index contributed by atoms with van der Waals surface area (Å²) < 4.78 is 0.809. The maximum absolute atomic E-state index is 11.1. The first-order valence-corrected chi connectivity index (χ1v) is 8.75. The van der Waals surface area contributed by atoms with Crippen molar-refractivity contribution in [1.29, 1.82) is 0 Å². The van der Waals surface area contributed by atoms with Crippen molar-refractivity contribution < 1.29 is 15.0 Å². The van der Waals surface area contributed by atoms with E-state index in [0.717, 1.165) is 40.8 Å². The SMILES string of the molecule is O=C(O)CC1(CC(O)c2cc(Cl)c(Br)s2)CCCCC1. The number of hydrogen-bond acceptors (Lipinski definition) is 3. The molecule has 0 radical (unpaired) electrons. The Balaban J connectivity index is 2.12. The van der Waals surface area contributed by atoms with Crippen LogP contribution in [-0.4, -0.2) is 16.2 Å². The van der Waals surface area contributed by atoms with Crippen LogP contribution in [0, 0.1) is 5.41 Å². The van der Waals surface area contributed by atoms with Crippen LogP contribution >= 0.6 is 38.9 Å². The van der Waals surface area contributed by atoms with Gasteiger partial charge in [0.05, 0.1) is 21.3 Å². The highest BCUT2D eigenvalue weighted by Crippen LogP contribution is 2.47. The van der Waals surface area contributed by atoms with E-state index in [4.69, 9.17) is 16.7 Å². The van der Waals surface area contributed by atoms with Gasteiger partial charge in [0.1, 0.15) is 0 Å². The van der Waals surface area contributed by atoms with Crippen molar-refractivity contribution in [3.05, 3.63) is 19.8 Å². The second-order valence-electron chi connectivity index (χ2n) is 5.62. The van der Waals surface area contributed by atoms with Crippen molar-refractivity contribution in [3.8, 4) is 0 Å². The minimum absolute atomic E-state index is 0.143. The van der Waals surface area contributed by atoms with Gasteiger partial charge in [-0.15, -0.1) is 11.3 Å². The fourth-order valence-electron chi connectivity index (χ4n) is 3.11. The zero-order chi connectivity index (χ0) is 14.8. The molecule has 0 amide bonds. The fourth-order valence-corrected chi connectivity index (χ4v) is 4.85. The van der Waals surface area contributed by atoms with E-state index < -0.39 is 12.1 Å². The molecule has 0 bridgehead atoms. The number of carboxylic acids is 1. The Morgan fingerprint density at radius 2 is 2.10 bits per heavy atom. The number of thiophene rings is 1. The summed E-state index contributed by atoms with van der Waals surface area (Å²) in [5, 5.41) is 20.2. The standard InChI is InChI=1S/C14H18BrClO3S/c15-13-9(16)6-11(20-13)10(17)7-14(8-12(18)19)4-2-1-3-5-14/h6,10,17H,1-5,7-8H2,(H,18,19). The Bertz CT molecular complexity index is 463. The maximum Gasteiger partial charge on any atom is 0.303 e. The van der Waals surface area contributed by atoms with Crippen LogP contribution in [0.25, 0.3) is 0 Å². The maximum atomic E-state index is 11.1. The number of aliphatic hydroxyl groups is 1. The second-order valence-corrected chi connectivity index (χ2v) is 8.43.